The molecule has 1 aliphatic heterocycles. The van der Waals surface area contributed by atoms with Gasteiger partial charge in [0.15, 0.2) is 0 Å². The van der Waals surface area contributed by atoms with Crippen molar-refractivity contribution in [3.63, 3.8) is 0 Å². The van der Waals surface area contributed by atoms with E-state index in [1.165, 1.54) is 12.1 Å². The van der Waals surface area contributed by atoms with Gasteiger partial charge in [-0.25, -0.2) is 10.4 Å². The van der Waals surface area contributed by atoms with E-state index in [1.807, 2.05) is 29.4 Å². The zero-order chi connectivity index (χ0) is 17.4. The van der Waals surface area contributed by atoms with Gasteiger partial charge in [-0.05, 0) is 36.8 Å². The minimum atomic E-state index is -0.492. The molecule has 8 nitrogen and oxygen atoms in total. The summed E-state index contributed by atoms with van der Waals surface area (Å²) < 4.78 is 0. The number of benzene rings is 2. The number of hydrogen-bond donors (Lipinski definition) is 3. The van der Waals surface area contributed by atoms with Crippen LogP contribution in [0.15, 0.2) is 48.7 Å². The van der Waals surface area contributed by atoms with Crippen LogP contribution in [0.5, 0.6) is 0 Å². The normalized spacial score (nSPS) is 14.2. The molecule has 0 spiro atoms. The van der Waals surface area contributed by atoms with Crippen molar-refractivity contribution in [1.82, 2.24) is 15.4 Å². The van der Waals surface area contributed by atoms with Crippen LogP contribution in [-0.4, -0.2) is 21.4 Å². The van der Waals surface area contributed by atoms with Crippen molar-refractivity contribution in [1.29, 1.82) is 0 Å². The van der Waals surface area contributed by atoms with E-state index in [0.717, 1.165) is 29.7 Å². The summed E-state index contributed by atoms with van der Waals surface area (Å²) in [5, 5.41) is 13.0. The first-order chi connectivity index (χ1) is 12.1. The summed E-state index contributed by atoms with van der Waals surface area (Å²) in [6.45, 7) is 0.884. The lowest BCUT2D eigenvalue weighted by molar-refractivity contribution is -0.383. The number of rotatable bonds is 3. The number of fused-ring (bicyclic) bond motifs is 1. The van der Waals surface area contributed by atoms with Crippen LogP contribution in [0.1, 0.15) is 6.42 Å². The Morgan fingerprint density at radius 1 is 1.24 bits per heavy atom. The molecule has 0 saturated heterocycles. The number of anilines is 2. The second kappa shape index (κ2) is 5.91. The molecule has 0 atom stereocenters. The van der Waals surface area contributed by atoms with Gasteiger partial charge < -0.3 is 10.7 Å². The molecular formula is C17H16N6O2. The monoisotopic (exact) mass is 336 g/mol. The molecule has 0 fully saturated rings. The van der Waals surface area contributed by atoms with E-state index in [-0.39, 0.29) is 11.4 Å². The number of hydrogen-bond acceptors (Lipinski definition) is 6. The highest BCUT2D eigenvalue weighted by Crippen LogP contribution is 2.29. The average molecular weight is 336 g/mol. The zero-order valence-corrected chi connectivity index (χ0v) is 13.3. The van der Waals surface area contributed by atoms with Crippen molar-refractivity contribution in [2.24, 2.45) is 0 Å². The molecule has 0 amide bonds. The van der Waals surface area contributed by atoms with Gasteiger partial charge in [-0.15, -0.1) is 0 Å². The van der Waals surface area contributed by atoms with Crippen molar-refractivity contribution in [3.8, 4) is 11.4 Å². The minimum Gasteiger partial charge on any atom is -0.393 e. The van der Waals surface area contributed by atoms with Gasteiger partial charge in [-0.3, -0.25) is 15.1 Å². The summed E-state index contributed by atoms with van der Waals surface area (Å²) in [6, 6.07) is 10.6. The number of nitro benzene ring substituents is 1. The van der Waals surface area contributed by atoms with Gasteiger partial charge >= 0.3 is 0 Å². The Labute approximate surface area is 143 Å². The van der Waals surface area contributed by atoms with Gasteiger partial charge in [0.2, 0.25) is 0 Å². The van der Waals surface area contributed by atoms with Crippen molar-refractivity contribution in [2.75, 3.05) is 17.3 Å². The fourth-order valence-corrected chi connectivity index (χ4v) is 2.81. The standard InChI is InChI=1S/C17H16N6O2/c18-13-5-3-11(9-16(13)23(24)25)17-20-14-6-4-12(10-15(14)21-17)22-8-2-1-7-19-22/h2-6,8-10,19H,1,7,18H2,(H,20,21). The lowest BCUT2D eigenvalue weighted by Crippen LogP contribution is -2.36. The predicted molar refractivity (Wildman–Crippen MR) is 96.8 cm³/mol. The molecule has 0 radical (unpaired) electrons. The molecule has 3 aromatic rings. The third-order valence-corrected chi connectivity index (χ3v) is 4.09. The Hall–Kier alpha value is -3.39. The molecule has 0 bridgehead atoms. The van der Waals surface area contributed by atoms with E-state index < -0.39 is 4.92 Å². The molecule has 0 unspecified atom stereocenters. The maximum Gasteiger partial charge on any atom is 0.292 e. The number of nitrogen functional groups attached to an aromatic ring is 1. The number of nitrogens with one attached hydrogen (secondary N) is 2. The van der Waals surface area contributed by atoms with Crippen LogP contribution in [-0.2, 0) is 0 Å². The SMILES string of the molecule is Nc1ccc(-c2nc3cc(N4C=CCCN4)ccc3[nH]2)cc1[N+](=O)[O-]. The highest BCUT2D eigenvalue weighted by Gasteiger charge is 2.15. The fraction of sp³-hybridized carbons (Fsp3) is 0.118. The predicted octanol–water partition coefficient (Wildman–Crippen LogP) is 2.95. The molecular weight excluding hydrogens is 320 g/mol. The second-order valence-corrected chi connectivity index (χ2v) is 5.77. The largest absolute Gasteiger partial charge is 0.393 e. The number of H-pyrrole nitrogens is 1. The molecule has 126 valence electrons. The number of hydrazine groups is 1. The molecule has 0 saturated carbocycles. The Morgan fingerprint density at radius 2 is 2.12 bits per heavy atom. The molecule has 25 heavy (non-hydrogen) atoms. The minimum absolute atomic E-state index is 0.124. The van der Waals surface area contributed by atoms with Gasteiger partial charge in [0.1, 0.15) is 11.5 Å². The second-order valence-electron chi connectivity index (χ2n) is 5.77. The van der Waals surface area contributed by atoms with Crippen LogP contribution in [0.2, 0.25) is 0 Å². The summed E-state index contributed by atoms with van der Waals surface area (Å²) in [4.78, 5) is 18.3. The van der Waals surface area contributed by atoms with Crippen LogP contribution in [0.25, 0.3) is 22.4 Å². The number of aromatic amines is 1. The number of nitrogens with two attached hydrogens (primary N) is 1. The topological polar surface area (TPSA) is 113 Å². The van der Waals surface area contributed by atoms with E-state index in [1.54, 1.807) is 6.07 Å². The van der Waals surface area contributed by atoms with Crippen LogP contribution < -0.4 is 16.2 Å². The van der Waals surface area contributed by atoms with Crippen molar-refractivity contribution in [3.05, 3.63) is 58.8 Å². The lowest BCUT2D eigenvalue weighted by Gasteiger charge is -2.24. The first-order valence-corrected chi connectivity index (χ1v) is 7.85. The van der Waals surface area contributed by atoms with E-state index in [4.69, 9.17) is 5.73 Å². The summed E-state index contributed by atoms with van der Waals surface area (Å²) >= 11 is 0. The first kappa shape index (κ1) is 15.2. The van der Waals surface area contributed by atoms with Gasteiger partial charge in [-0.1, -0.05) is 6.08 Å². The number of aromatic nitrogens is 2. The van der Waals surface area contributed by atoms with E-state index in [9.17, 15) is 10.1 Å². The molecule has 1 aromatic heterocycles. The van der Waals surface area contributed by atoms with Gasteiger partial charge in [0.25, 0.3) is 5.69 Å². The molecule has 0 aliphatic carbocycles. The first-order valence-electron chi connectivity index (χ1n) is 7.85. The van der Waals surface area contributed by atoms with Crippen LogP contribution in [0.3, 0.4) is 0 Å². The summed E-state index contributed by atoms with van der Waals surface area (Å²) in [7, 11) is 0. The zero-order valence-electron chi connectivity index (χ0n) is 13.3. The van der Waals surface area contributed by atoms with E-state index in [2.05, 4.69) is 21.5 Å². The Bertz CT molecular complexity index is 994. The van der Waals surface area contributed by atoms with Crippen molar-refractivity contribution >= 4 is 28.1 Å². The third-order valence-electron chi connectivity index (χ3n) is 4.09. The van der Waals surface area contributed by atoms with Crippen molar-refractivity contribution in [2.45, 2.75) is 6.42 Å². The highest BCUT2D eigenvalue weighted by molar-refractivity contribution is 5.83. The van der Waals surface area contributed by atoms with Gasteiger partial charge in [0, 0.05) is 24.4 Å². The van der Waals surface area contributed by atoms with Crippen LogP contribution in [0, 0.1) is 10.1 Å². The van der Waals surface area contributed by atoms with Gasteiger partial charge in [-0.2, -0.15) is 0 Å². The fourth-order valence-electron chi connectivity index (χ4n) is 2.81. The average Bonchev–Trinajstić information content (AvgIpc) is 3.05. The third kappa shape index (κ3) is 2.79. The number of imidazole rings is 1. The molecule has 1 aliphatic rings. The Kier molecular flexibility index (Phi) is 3.58. The summed E-state index contributed by atoms with van der Waals surface area (Å²) in [6.07, 6.45) is 5.09. The number of nitro groups is 1. The molecule has 8 heteroatoms. The molecule has 4 N–H and O–H groups in total. The van der Waals surface area contributed by atoms with Gasteiger partial charge in [0.05, 0.1) is 21.6 Å². The maximum atomic E-state index is 11.1. The maximum absolute atomic E-state index is 11.1. The smallest absolute Gasteiger partial charge is 0.292 e. The highest BCUT2D eigenvalue weighted by atomic mass is 16.6. The lowest BCUT2D eigenvalue weighted by atomic mass is 10.1. The van der Waals surface area contributed by atoms with Crippen LogP contribution >= 0.6 is 0 Å². The Balaban J connectivity index is 1.74. The summed E-state index contributed by atoms with van der Waals surface area (Å²) in [5.41, 5.74) is 12.2. The quantitative estimate of drug-likeness (QED) is 0.385. The Morgan fingerprint density at radius 3 is 2.88 bits per heavy atom. The van der Waals surface area contributed by atoms with E-state index in [0.29, 0.717) is 11.4 Å². The molecule has 2 heterocycles. The van der Waals surface area contributed by atoms with Crippen LogP contribution in [0.4, 0.5) is 17.1 Å². The number of nitrogens with zero attached hydrogens (tertiary/aromatic N) is 3. The molecule has 2 aromatic carbocycles. The van der Waals surface area contributed by atoms with Crippen molar-refractivity contribution < 1.29 is 4.92 Å². The summed E-state index contributed by atoms with van der Waals surface area (Å²) in [5.74, 6) is 0.567. The van der Waals surface area contributed by atoms with E-state index >= 15 is 0 Å². The molecule has 4 rings (SSSR count).